The van der Waals surface area contributed by atoms with Crippen molar-refractivity contribution in [2.45, 2.75) is 51.6 Å². The standard InChI is InChI=1S/C12H18N2O3/c1-2-13-10(15)8-11(16)14(12(13)17)9-6-4-3-5-7-9/h8-9,15H,2-7H2,1H3. The van der Waals surface area contributed by atoms with E-state index < -0.39 is 0 Å². The number of hydrogen-bond acceptors (Lipinski definition) is 3. The van der Waals surface area contributed by atoms with Gasteiger partial charge < -0.3 is 5.11 Å². The molecule has 1 aliphatic rings. The minimum Gasteiger partial charge on any atom is -0.494 e. The summed E-state index contributed by atoms with van der Waals surface area (Å²) in [6.07, 6.45) is 5.05. The van der Waals surface area contributed by atoms with Gasteiger partial charge in [-0.05, 0) is 19.8 Å². The van der Waals surface area contributed by atoms with Crippen LogP contribution < -0.4 is 11.2 Å². The Hall–Kier alpha value is -1.52. The molecule has 1 N–H and O–H groups in total. The maximum absolute atomic E-state index is 12.1. The summed E-state index contributed by atoms with van der Waals surface area (Å²) in [4.78, 5) is 23.9. The zero-order valence-electron chi connectivity index (χ0n) is 10.1. The first-order valence-electron chi connectivity index (χ1n) is 6.20. The molecule has 5 heteroatoms. The van der Waals surface area contributed by atoms with Gasteiger partial charge in [-0.3, -0.25) is 13.9 Å². The Morgan fingerprint density at radius 1 is 1.29 bits per heavy atom. The van der Waals surface area contributed by atoms with E-state index in [-0.39, 0.29) is 23.2 Å². The molecule has 1 aliphatic carbocycles. The summed E-state index contributed by atoms with van der Waals surface area (Å²) in [6, 6.07) is 1.14. The van der Waals surface area contributed by atoms with Crippen LogP contribution in [-0.2, 0) is 6.54 Å². The fraction of sp³-hybridized carbons (Fsp3) is 0.667. The van der Waals surface area contributed by atoms with Crippen molar-refractivity contribution in [2.75, 3.05) is 0 Å². The molecular formula is C12H18N2O3. The van der Waals surface area contributed by atoms with Gasteiger partial charge in [-0.25, -0.2) is 4.79 Å². The highest BCUT2D eigenvalue weighted by atomic mass is 16.3. The lowest BCUT2D eigenvalue weighted by atomic mass is 9.95. The van der Waals surface area contributed by atoms with Gasteiger partial charge in [0.15, 0.2) is 0 Å². The fourth-order valence-electron chi connectivity index (χ4n) is 2.55. The van der Waals surface area contributed by atoms with Gasteiger partial charge in [-0.15, -0.1) is 0 Å². The average Bonchev–Trinajstić information content (AvgIpc) is 2.30. The van der Waals surface area contributed by atoms with Gasteiger partial charge in [0.05, 0.1) is 6.07 Å². The van der Waals surface area contributed by atoms with E-state index in [4.69, 9.17) is 0 Å². The largest absolute Gasteiger partial charge is 0.494 e. The van der Waals surface area contributed by atoms with E-state index in [9.17, 15) is 14.7 Å². The lowest BCUT2D eigenvalue weighted by molar-refractivity contribution is 0.317. The molecule has 1 fully saturated rings. The Morgan fingerprint density at radius 2 is 1.94 bits per heavy atom. The van der Waals surface area contributed by atoms with Gasteiger partial charge in [0.1, 0.15) is 0 Å². The summed E-state index contributed by atoms with van der Waals surface area (Å²) in [5.41, 5.74) is -0.770. The molecular weight excluding hydrogens is 220 g/mol. The molecule has 5 nitrogen and oxygen atoms in total. The maximum Gasteiger partial charge on any atom is 0.334 e. The van der Waals surface area contributed by atoms with Crippen LogP contribution in [0.1, 0.15) is 45.1 Å². The van der Waals surface area contributed by atoms with Crippen molar-refractivity contribution >= 4 is 0 Å². The third-order valence-corrected chi connectivity index (χ3v) is 3.46. The number of aromatic nitrogens is 2. The third-order valence-electron chi connectivity index (χ3n) is 3.46. The minimum atomic E-state index is -0.385. The van der Waals surface area contributed by atoms with Gasteiger partial charge in [-0.2, -0.15) is 0 Å². The smallest absolute Gasteiger partial charge is 0.334 e. The van der Waals surface area contributed by atoms with E-state index in [2.05, 4.69) is 0 Å². The van der Waals surface area contributed by atoms with E-state index in [1.165, 1.54) is 15.6 Å². The zero-order valence-corrected chi connectivity index (χ0v) is 10.1. The number of hydrogen-bond donors (Lipinski definition) is 1. The zero-order chi connectivity index (χ0) is 12.4. The topological polar surface area (TPSA) is 64.2 Å². The second-order valence-electron chi connectivity index (χ2n) is 4.53. The Bertz CT molecular complexity index is 509. The van der Waals surface area contributed by atoms with E-state index in [1.807, 2.05) is 0 Å². The normalized spacial score (nSPS) is 17.2. The lowest BCUT2D eigenvalue weighted by Gasteiger charge is -2.23. The van der Waals surface area contributed by atoms with Crippen molar-refractivity contribution in [2.24, 2.45) is 0 Å². The van der Waals surface area contributed by atoms with Crippen LogP contribution >= 0.6 is 0 Å². The molecule has 0 aromatic carbocycles. The Morgan fingerprint density at radius 3 is 2.53 bits per heavy atom. The Labute approximate surface area is 99.3 Å². The molecule has 0 aliphatic heterocycles. The first-order chi connectivity index (χ1) is 8.15. The van der Waals surface area contributed by atoms with Crippen LogP contribution in [0.4, 0.5) is 0 Å². The fourth-order valence-corrected chi connectivity index (χ4v) is 2.55. The van der Waals surface area contributed by atoms with E-state index in [0.717, 1.165) is 31.7 Å². The average molecular weight is 238 g/mol. The highest BCUT2D eigenvalue weighted by Gasteiger charge is 2.20. The number of aromatic hydroxyl groups is 1. The summed E-state index contributed by atoms with van der Waals surface area (Å²) in [7, 11) is 0. The second-order valence-corrected chi connectivity index (χ2v) is 4.53. The van der Waals surface area contributed by atoms with Crippen LogP contribution in [0.25, 0.3) is 0 Å². The molecule has 1 aromatic rings. The van der Waals surface area contributed by atoms with Gasteiger partial charge in [0.2, 0.25) is 5.88 Å². The molecule has 2 rings (SSSR count). The van der Waals surface area contributed by atoms with E-state index in [1.54, 1.807) is 6.92 Å². The van der Waals surface area contributed by atoms with Crippen LogP contribution in [0, 0.1) is 0 Å². The second kappa shape index (κ2) is 4.77. The molecule has 1 saturated carbocycles. The highest BCUT2D eigenvalue weighted by Crippen LogP contribution is 2.25. The van der Waals surface area contributed by atoms with Crippen LogP contribution in [0.15, 0.2) is 15.7 Å². The van der Waals surface area contributed by atoms with Crippen LogP contribution in [-0.4, -0.2) is 14.2 Å². The monoisotopic (exact) mass is 238 g/mol. The van der Waals surface area contributed by atoms with Crippen LogP contribution in [0.5, 0.6) is 5.88 Å². The van der Waals surface area contributed by atoms with E-state index in [0.29, 0.717) is 6.54 Å². The predicted octanol–water partition coefficient (Wildman–Crippen LogP) is 1.24. The molecule has 0 bridgehead atoms. The van der Waals surface area contributed by atoms with Crippen molar-refractivity contribution < 1.29 is 5.11 Å². The molecule has 1 heterocycles. The van der Waals surface area contributed by atoms with Crippen molar-refractivity contribution in [3.63, 3.8) is 0 Å². The molecule has 0 radical (unpaired) electrons. The van der Waals surface area contributed by atoms with Crippen molar-refractivity contribution in [1.82, 2.24) is 9.13 Å². The summed E-state index contributed by atoms with van der Waals surface area (Å²) >= 11 is 0. The van der Waals surface area contributed by atoms with Crippen molar-refractivity contribution in [3.8, 4) is 5.88 Å². The molecule has 0 spiro atoms. The SMILES string of the molecule is CCn1c(O)cc(=O)n(C2CCCCC2)c1=O. The summed E-state index contributed by atoms with van der Waals surface area (Å²) in [6.45, 7) is 2.15. The van der Waals surface area contributed by atoms with Crippen LogP contribution in [0.3, 0.4) is 0 Å². The van der Waals surface area contributed by atoms with Crippen molar-refractivity contribution in [1.29, 1.82) is 0 Å². The van der Waals surface area contributed by atoms with Gasteiger partial charge in [0.25, 0.3) is 5.56 Å². The van der Waals surface area contributed by atoms with Gasteiger partial charge in [-0.1, -0.05) is 19.3 Å². The molecule has 0 atom stereocenters. The Kier molecular flexibility index (Phi) is 3.36. The number of rotatable bonds is 2. The quantitative estimate of drug-likeness (QED) is 0.843. The van der Waals surface area contributed by atoms with Gasteiger partial charge in [0, 0.05) is 12.6 Å². The summed E-state index contributed by atoms with van der Waals surface area (Å²) < 4.78 is 2.54. The molecule has 17 heavy (non-hydrogen) atoms. The minimum absolute atomic E-state index is 0.00199. The molecule has 0 amide bonds. The first-order valence-corrected chi connectivity index (χ1v) is 6.20. The number of nitrogens with zero attached hydrogens (tertiary/aromatic N) is 2. The summed E-state index contributed by atoms with van der Waals surface area (Å²) in [5.74, 6) is -0.241. The molecule has 94 valence electrons. The lowest BCUT2D eigenvalue weighted by Crippen LogP contribution is -2.41. The molecule has 1 aromatic heterocycles. The highest BCUT2D eigenvalue weighted by molar-refractivity contribution is 5.07. The third kappa shape index (κ3) is 2.14. The van der Waals surface area contributed by atoms with Crippen LogP contribution in [0.2, 0.25) is 0 Å². The maximum atomic E-state index is 12.1. The first kappa shape index (κ1) is 12.0. The van der Waals surface area contributed by atoms with Crippen molar-refractivity contribution in [3.05, 3.63) is 26.9 Å². The molecule has 0 saturated heterocycles. The van der Waals surface area contributed by atoms with Gasteiger partial charge >= 0.3 is 5.69 Å². The summed E-state index contributed by atoms with van der Waals surface area (Å²) in [5, 5.41) is 9.54. The molecule has 0 unspecified atom stereocenters. The Balaban J connectivity index is 2.53. The predicted molar refractivity (Wildman–Crippen MR) is 64.4 cm³/mol. The van der Waals surface area contributed by atoms with E-state index >= 15 is 0 Å².